The van der Waals surface area contributed by atoms with Gasteiger partial charge in [-0.3, -0.25) is 9.35 Å². The summed E-state index contributed by atoms with van der Waals surface area (Å²) >= 11 is 0. The van der Waals surface area contributed by atoms with E-state index in [1.165, 1.54) is 0 Å². The van der Waals surface area contributed by atoms with Gasteiger partial charge in [-0.1, -0.05) is 0 Å². The fraction of sp³-hybridized carbons (Fsp3) is 0.929. The third-order valence-electron chi connectivity index (χ3n) is 5.87. The van der Waals surface area contributed by atoms with Crippen molar-refractivity contribution in [2.45, 2.75) is 62.2 Å². The number of halogens is 2. The van der Waals surface area contributed by atoms with Crippen molar-refractivity contribution in [3.05, 3.63) is 0 Å². The highest BCUT2D eigenvalue weighted by Crippen LogP contribution is 2.71. The summed E-state index contributed by atoms with van der Waals surface area (Å²) in [6.45, 7) is 0. The highest BCUT2D eigenvalue weighted by atomic mass is 32.2. The zero-order valence-corrected chi connectivity index (χ0v) is 12.9. The van der Waals surface area contributed by atoms with Crippen LogP contribution in [0.1, 0.15) is 51.4 Å². The van der Waals surface area contributed by atoms with Crippen LogP contribution in [0, 0.1) is 17.3 Å². The molecule has 3 aliphatic rings. The molecule has 0 amide bonds. The molecule has 4 atom stereocenters. The Balaban J connectivity index is 1.49. The minimum atomic E-state index is -5.39. The van der Waals surface area contributed by atoms with E-state index in [9.17, 15) is 27.1 Å². The molecule has 5 nitrogen and oxygen atoms in total. The molecule has 0 aromatic carbocycles. The first-order chi connectivity index (χ1) is 9.99. The van der Waals surface area contributed by atoms with Crippen LogP contribution in [-0.4, -0.2) is 34.7 Å². The normalized spacial score (nSPS) is 39.8. The fourth-order valence-electron chi connectivity index (χ4n) is 4.87. The van der Waals surface area contributed by atoms with Crippen LogP contribution in [0.4, 0.5) is 8.78 Å². The molecule has 4 unspecified atom stereocenters. The van der Waals surface area contributed by atoms with Crippen molar-refractivity contribution in [1.29, 1.82) is 0 Å². The Hall–Kier alpha value is -0.600. The van der Waals surface area contributed by atoms with Gasteiger partial charge in [0.2, 0.25) is 0 Å². The van der Waals surface area contributed by atoms with Crippen LogP contribution in [0.5, 0.6) is 0 Å². The Morgan fingerprint density at radius 3 is 2.41 bits per heavy atom. The van der Waals surface area contributed by atoms with E-state index < -0.39 is 32.8 Å². The van der Waals surface area contributed by atoms with Crippen LogP contribution in [-0.2, 0) is 14.9 Å². The van der Waals surface area contributed by atoms with Crippen molar-refractivity contribution in [2.24, 2.45) is 17.3 Å². The number of ketones is 1. The summed E-state index contributed by atoms with van der Waals surface area (Å²) in [5, 5.41) is 6.13. The molecule has 0 heterocycles. The molecule has 3 fully saturated rings. The number of fused-ring (bicyclic) bond motifs is 1. The van der Waals surface area contributed by atoms with Gasteiger partial charge in [-0.25, -0.2) is 0 Å². The Labute approximate surface area is 127 Å². The molecule has 3 aliphatic carbocycles. The molecule has 0 spiro atoms. The number of hydrogen-bond donors (Lipinski definition) is 2. The number of carbonyl (C=O) groups is 1. The highest BCUT2D eigenvalue weighted by molar-refractivity contribution is 7.86. The maximum atomic E-state index is 13.1. The first-order valence-corrected chi connectivity index (χ1v) is 9.04. The van der Waals surface area contributed by atoms with Gasteiger partial charge in [-0.05, 0) is 50.4 Å². The zero-order chi connectivity index (χ0) is 16.4. The lowest BCUT2D eigenvalue weighted by Crippen LogP contribution is -2.53. The minimum absolute atomic E-state index is 0.00537. The van der Waals surface area contributed by atoms with Gasteiger partial charge in [0.05, 0.1) is 5.60 Å². The second-order valence-corrected chi connectivity index (χ2v) is 8.83. The molecule has 0 aliphatic heterocycles. The average Bonchev–Trinajstić information content (AvgIpc) is 2.80. The second-order valence-electron chi connectivity index (χ2n) is 7.28. The smallest absolute Gasteiger partial charge is 0.370 e. The number of carbonyl (C=O) groups excluding carboxylic acids is 1. The third-order valence-corrected chi connectivity index (χ3v) is 6.83. The van der Waals surface area contributed by atoms with Crippen molar-refractivity contribution >= 4 is 15.9 Å². The predicted molar refractivity (Wildman–Crippen MR) is 72.8 cm³/mol. The first kappa shape index (κ1) is 16.3. The maximum Gasteiger partial charge on any atom is 0.370 e. The van der Waals surface area contributed by atoms with Gasteiger partial charge in [-0.15, -0.1) is 0 Å². The Morgan fingerprint density at radius 1 is 1.23 bits per heavy atom. The lowest BCUT2D eigenvalue weighted by atomic mass is 9.57. The summed E-state index contributed by atoms with van der Waals surface area (Å²) in [5.74, 6) is 0.651. The van der Waals surface area contributed by atoms with Crippen LogP contribution in [0.15, 0.2) is 0 Å². The summed E-state index contributed by atoms with van der Waals surface area (Å²) in [4.78, 5) is 12.4. The predicted octanol–water partition coefficient (Wildman–Crippen LogP) is 2.15. The molecule has 3 rings (SSSR count). The van der Waals surface area contributed by atoms with E-state index >= 15 is 0 Å². The maximum absolute atomic E-state index is 13.1. The van der Waals surface area contributed by atoms with Crippen LogP contribution < -0.4 is 0 Å². The van der Waals surface area contributed by atoms with Gasteiger partial charge in [0.15, 0.2) is 0 Å². The van der Waals surface area contributed by atoms with Crippen molar-refractivity contribution in [1.82, 2.24) is 0 Å². The van der Waals surface area contributed by atoms with E-state index in [1.54, 1.807) is 0 Å². The Bertz CT molecular complexity index is 604. The van der Waals surface area contributed by atoms with Crippen LogP contribution in [0.2, 0.25) is 0 Å². The molecule has 0 aromatic heterocycles. The number of rotatable bonds is 7. The molecule has 126 valence electrons. The summed E-state index contributed by atoms with van der Waals surface area (Å²) in [5.41, 5.74) is -1.16. The van der Waals surface area contributed by atoms with Gasteiger partial charge in [0.1, 0.15) is 5.78 Å². The molecule has 2 N–H and O–H groups in total. The summed E-state index contributed by atoms with van der Waals surface area (Å²) < 4.78 is 55.5. The summed E-state index contributed by atoms with van der Waals surface area (Å²) in [6, 6.07) is 0. The van der Waals surface area contributed by atoms with Gasteiger partial charge < -0.3 is 5.11 Å². The summed E-state index contributed by atoms with van der Waals surface area (Å²) in [6.07, 6.45) is 1.91. The van der Waals surface area contributed by atoms with E-state index in [2.05, 4.69) is 0 Å². The highest BCUT2D eigenvalue weighted by Gasteiger charge is 2.71. The lowest BCUT2D eigenvalue weighted by Gasteiger charge is -2.51. The zero-order valence-electron chi connectivity index (χ0n) is 12.1. The number of hydrogen-bond acceptors (Lipinski definition) is 4. The Kier molecular flexibility index (Phi) is 3.48. The van der Waals surface area contributed by atoms with Crippen LogP contribution >= 0.6 is 0 Å². The number of Topliss-reactive ketones (excluding diaryl/α,β-unsaturated/α-hetero) is 1. The second kappa shape index (κ2) is 4.70. The molecular formula is C14H20F2O5S. The van der Waals surface area contributed by atoms with Crippen LogP contribution in [0.3, 0.4) is 0 Å². The standard InChI is InChI=1S/C14H20F2O5S/c15-14(16,22(19,20)21)4-2-1-3-11(17)12-5-9-6-13(18,8-12)10(9)7-12/h9-10,18H,1-8H2,(H,19,20,21). The molecule has 2 bridgehead atoms. The quantitative estimate of drug-likeness (QED) is 0.548. The molecule has 3 saturated carbocycles. The fourth-order valence-corrected chi connectivity index (χ4v) is 5.28. The van der Waals surface area contributed by atoms with Crippen LogP contribution in [0.25, 0.3) is 0 Å². The van der Waals surface area contributed by atoms with E-state index in [0.717, 1.165) is 12.8 Å². The molecule has 22 heavy (non-hydrogen) atoms. The monoisotopic (exact) mass is 338 g/mol. The van der Waals surface area contributed by atoms with E-state index in [-0.39, 0.29) is 31.0 Å². The van der Waals surface area contributed by atoms with Gasteiger partial charge in [0, 0.05) is 18.3 Å². The topological polar surface area (TPSA) is 91.7 Å². The van der Waals surface area contributed by atoms with E-state index in [4.69, 9.17) is 4.55 Å². The van der Waals surface area contributed by atoms with Crippen molar-refractivity contribution < 1.29 is 31.7 Å². The molecule has 0 saturated heterocycles. The van der Waals surface area contributed by atoms with Crippen molar-refractivity contribution in [3.63, 3.8) is 0 Å². The number of aliphatic hydroxyl groups is 1. The van der Waals surface area contributed by atoms with Crippen molar-refractivity contribution in [3.8, 4) is 0 Å². The van der Waals surface area contributed by atoms with Crippen molar-refractivity contribution in [2.75, 3.05) is 0 Å². The first-order valence-electron chi connectivity index (χ1n) is 7.60. The molecular weight excluding hydrogens is 318 g/mol. The lowest BCUT2D eigenvalue weighted by molar-refractivity contribution is -0.153. The number of unbranched alkanes of at least 4 members (excludes halogenated alkanes) is 1. The number of alkyl halides is 2. The molecule has 8 heteroatoms. The average molecular weight is 338 g/mol. The SMILES string of the molecule is O=C(CCCCC(F)(F)S(=O)(=O)O)C12CC3CC(O)(C1)C3C2. The largest absolute Gasteiger partial charge is 0.390 e. The third kappa shape index (κ3) is 2.30. The van der Waals surface area contributed by atoms with Gasteiger partial charge in [0.25, 0.3) is 0 Å². The van der Waals surface area contributed by atoms with E-state index in [0.29, 0.717) is 18.8 Å². The van der Waals surface area contributed by atoms with Gasteiger partial charge in [-0.2, -0.15) is 17.2 Å². The van der Waals surface area contributed by atoms with Gasteiger partial charge >= 0.3 is 15.4 Å². The van der Waals surface area contributed by atoms with E-state index in [1.807, 2.05) is 0 Å². The Morgan fingerprint density at radius 2 is 1.91 bits per heavy atom. The molecule has 0 radical (unpaired) electrons. The molecule has 0 aromatic rings. The summed E-state index contributed by atoms with van der Waals surface area (Å²) in [7, 11) is -5.39. The minimum Gasteiger partial charge on any atom is -0.390 e.